The second-order valence-corrected chi connectivity index (χ2v) is 6.70. The van der Waals surface area contributed by atoms with Crippen LogP contribution in [0.25, 0.3) is 11.0 Å². The topological polar surface area (TPSA) is 133 Å². The van der Waals surface area contributed by atoms with Gasteiger partial charge in [-0.2, -0.15) is 0 Å². The van der Waals surface area contributed by atoms with Crippen LogP contribution in [0.5, 0.6) is 0 Å². The van der Waals surface area contributed by atoms with E-state index in [1.807, 2.05) is 0 Å². The zero-order valence-corrected chi connectivity index (χ0v) is 16.2. The van der Waals surface area contributed by atoms with Gasteiger partial charge in [0.25, 0.3) is 5.91 Å². The number of imidazole rings is 1. The molecule has 0 unspecified atom stereocenters. The number of carbonyl (C=O) groups is 3. The molecule has 0 saturated carbocycles. The van der Waals surface area contributed by atoms with Crippen LogP contribution in [0.4, 0.5) is 11.4 Å². The van der Waals surface area contributed by atoms with Crippen LogP contribution in [0.1, 0.15) is 17.3 Å². The highest BCUT2D eigenvalue weighted by Crippen LogP contribution is 2.26. The predicted molar refractivity (Wildman–Crippen MR) is 106 cm³/mol. The Bertz CT molecular complexity index is 1130. The molecule has 0 fully saturated rings. The van der Waals surface area contributed by atoms with Gasteiger partial charge in [0.2, 0.25) is 5.91 Å². The van der Waals surface area contributed by atoms with Crippen molar-refractivity contribution in [1.29, 1.82) is 0 Å². The molecule has 0 atom stereocenters. The first kappa shape index (κ1) is 19.4. The average Bonchev–Trinajstić information content (AvgIpc) is 2.98. The minimum Gasteiger partial charge on any atom is -0.452 e. The van der Waals surface area contributed by atoms with Crippen molar-refractivity contribution < 1.29 is 19.1 Å². The number of halogens is 1. The van der Waals surface area contributed by atoms with Crippen LogP contribution in [0.2, 0.25) is 0 Å². The third kappa shape index (κ3) is 4.65. The number of aromatic amines is 2. The summed E-state index contributed by atoms with van der Waals surface area (Å²) >= 11 is 3.31. The van der Waals surface area contributed by atoms with E-state index in [-0.39, 0.29) is 17.2 Å². The van der Waals surface area contributed by atoms with E-state index >= 15 is 0 Å². The van der Waals surface area contributed by atoms with E-state index in [0.717, 1.165) is 0 Å². The van der Waals surface area contributed by atoms with E-state index in [0.29, 0.717) is 26.9 Å². The van der Waals surface area contributed by atoms with Crippen LogP contribution in [-0.2, 0) is 14.3 Å². The largest absolute Gasteiger partial charge is 0.452 e. The van der Waals surface area contributed by atoms with Crippen molar-refractivity contribution in [3.8, 4) is 0 Å². The van der Waals surface area contributed by atoms with E-state index in [1.165, 1.54) is 19.1 Å². The van der Waals surface area contributed by atoms with Crippen LogP contribution in [0.15, 0.2) is 45.7 Å². The molecule has 0 aliphatic heterocycles. The number of esters is 1. The molecule has 3 aromatic rings. The molecule has 2 amide bonds. The first-order valence-corrected chi connectivity index (χ1v) is 8.87. The molecule has 4 N–H and O–H groups in total. The van der Waals surface area contributed by atoms with E-state index < -0.39 is 18.5 Å². The second-order valence-electron chi connectivity index (χ2n) is 5.84. The molecule has 0 radical (unpaired) electrons. The molecule has 10 heteroatoms. The summed E-state index contributed by atoms with van der Waals surface area (Å²) in [6.45, 7) is 0.852. The van der Waals surface area contributed by atoms with Crippen molar-refractivity contribution in [3.05, 3.63) is 56.9 Å². The Labute approximate surface area is 166 Å². The van der Waals surface area contributed by atoms with E-state index in [1.54, 1.807) is 24.3 Å². The Morgan fingerprint density at radius 2 is 1.79 bits per heavy atom. The minimum atomic E-state index is -0.702. The number of carbonyl (C=O) groups excluding carboxylic acids is 3. The molecule has 0 aliphatic carbocycles. The van der Waals surface area contributed by atoms with Crippen LogP contribution in [0.3, 0.4) is 0 Å². The van der Waals surface area contributed by atoms with Gasteiger partial charge in [-0.05, 0) is 46.3 Å². The standard InChI is InChI=1S/C18H15BrN4O5/c1-9(24)20-11-4-2-3-10(5-11)17(26)28-8-16(25)21-13-7-15-14(6-12(13)19)22-18(27)23-15/h2-7H,8H2,1H3,(H,20,24)(H,21,25)(H2,22,23,27). The highest BCUT2D eigenvalue weighted by atomic mass is 79.9. The molecule has 28 heavy (non-hydrogen) atoms. The fourth-order valence-corrected chi connectivity index (χ4v) is 2.92. The van der Waals surface area contributed by atoms with Gasteiger partial charge < -0.3 is 25.3 Å². The van der Waals surface area contributed by atoms with Gasteiger partial charge in [-0.25, -0.2) is 9.59 Å². The highest BCUT2D eigenvalue weighted by Gasteiger charge is 2.13. The summed E-state index contributed by atoms with van der Waals surface area (Å²) in [6, 6.07) is 9.40. The molecule has 9 nitrogen and oxygen atoms in total. The van der Waals surface area contributed by atoms with Gasteiger partial charge >= 0.3 is 11.7 Å². The zero-order chi connectivity index (χ0) is 20.3. The number of fused-ring (bicyclic) bond motifs is 1. The van der Waals surface area contributed by atoms with Crippen molar-refractivity contribution >= 4 is 56.1 Å². The van der Waals surface area contributed by atoms with Gasteiger partial charge in [0, 0.05) is 17.1 Å². The maximum atomic E-state index is 12.1. The third-order valence-electron chi connectivity index (χ3n) is 3.63. The lowest BCUT2D eigenvalue weighted by Crippen LogP contribution is -2.21. The molecule has 0 aliphatic rings. The van der Waals surface area contributed by atoms with Gasteiger partial charge in [-0.1, -0.05) is 6.07 Å². The summed E-state index contributed by atoms with van der Waals surface area (Å²) in [5.74, 6) is -1.52. The first-order valence-electron chi connectivity index (χ1n) is 8.08. The molecule has 0 bridgehead atoms. The van der Waals surface area contributed by atoms with E-state index in [2.05, 4.69) is 36.5 Å². The van der Waals surface area contributed by atoms with Gasteiger partial charge in [-0.3, -0.25) is 9.59 Å². The number of rotatable bonds is 5. The molecule has 1 heterocycles. The van der Waals surface area contributed by atoms with Crippen molar-refractivity contribution in [2.45, 2.75) is 6.92 Å². The van der Waals surface area contributed by atoms with E-state index in [4.69, 9.17) is 4.74 Å². The Morgan fingerprint density at radius 3 is 2.50 bits per heavy atom. The van der Waals surface area contributed by atoms with Crippen molar-refractivity contribution in [1.82, 2.24) is 9.97 Å². The number of amides is 2. The van der Waals surface area contributed by atoms with Crippen molar-refractivity contribution in [2.24, 2.45) is 0 Å². The molecule has 144 valence electrons. The second kappa shape index (κ2) is 8.09. The monoisotopic (exact) mass is 446 g/mol. The number of hydrogen-bond donors (Lipinski definition) is 4. The summed E-state index contributed by atoms with van der Waals surface area (Å²) in [5.41, 5.74) is 1.81. The molecule has 0 saturated heterocycles. The van der Waals surface area contributed by atoms with Crippen LogP contribution in [0, 0.1) is 0 Å². The summed E-state index contributed by atoms with van der Waals surface area (Å²) < 4.78 is 5.56. The SMILES string of the molecule is CC(=O)Nc1cccc(C(=O)OCC(=O)Nc2cc3[nH]c(=O)[nH]c3cc2Br)c1. The summed E-state index contributed by atoms with van der Waals surface area (Å²) in [7, 11) is 0. The number of ether oxygens (including phenoxy) is 1. The summed E-state index contributed by atoms with van der Waals surface area (Å²) in [6.07, 6.45) is 0. The third-order valence-corrected chi connectivity index (χ3v) is 4.29. The normalized spacial score (nSPS) is 10.5. The number of H-pyrrole nitrogens is 2. The Kier molecular flexibility index (Phi) is 5.59. The molecule has 2 aromatic carbocycles. The average molecular weight is 447 g/mol. The lowest BCUT2D eigenvalue weighted by molar-refractivity contribution is -0.119. The lowest BCUT2D eigenvalue weighted by Gasteiger charge is -2.09. The van der Waals surface area contributed by atoms with Crippen molar-refractivity contribution in [2.75, 3.05) is 17.2 Å². The lowest BCUT2D eigenvalue weighted by atomic mass is 10.2. The van der Waals surface area contributed by atoms with Gasteiger partial charge in [0.05, 0.1) is 22.3 Å². The highest BCUT2D eigenvalue weighted by molar-refractivity contribution is 9.10. The van der Waals surface area contributed by atoms with Gasteiger partial charge in [0.15, 0.2) is 6.61 Å². The Hall–Kier alpha value is -3.40. The fourth-order valence-electron chi connectivity index (χ4n) is 2.48. The van der Waals surface area contributed by atoms with Crippen molar-refractivity contribution in [3.63, 3.8) is 0 Å². The molecule has 3 rings (SSSR count). The summed E-state index contributed by atoms with van der Waals surface area (Å²) in [5, 5.41) is 5.16. The quantitative estimate of drug-likeness (QED) is 0.446. The molecular weight excluding hydrogens is 432 g/mol. The Balaban J connectivity index is 1.62. The van der Waals surface area contributed by atoms with Crippen LogP contribution >= 0.6 is 15.9 Å². The number of aromatic nitrogens is 2. The first-order chi connectivity index (χ1) is 13.3. The maximum Gasteiger partial charge on any atom is 0.338 e. The maximum absolute atomic E-state index is 12.1. The molecule has 1 aromatic heterocycles. The number of nitrogens with one attached hydrogen (secondary N) is 4. The van der Waals surface area contributed by atoms with Crippen LogP contribution < -0.4 is 16.3 Å². The fraction of sp³-hybridized carbons (Fsp3) is 0.111. The minimum absolute atomic E-state index is 0.201. The number of anilines is 2. The van der Waals surface area contributed by atoms with Crippen LogP contribution in [-0.4, -0.2) is 34.4 Å². The zero-order valence-electron chi connectivity index (χ0n) is 14.6. The molecular formula is C18H15BrN4O5. The summed E-state index contributed by atoms with van der Waals surface area (Å²) in [4.78, 5) is 51.8. The smallest absolute Gasteiger partial charge is 0.338 e. The van der Waals surface area contributed by atoms with Gasteiger partial charge in [-0.15, -0.1) is 0 Å². The van der Waals surface area contributed by atoms with Gasteiger partial charge in [0.1, 0.15) is 0 Å². The predicted octanol–water partition coefficient (Wildman–Crippen LogP) is 2.37. The Morgan fingerprint density at radius 1 is 1.07 bits per heavy atom. The number of benzene rings is 2. The molecule has 0 spiro atoms. The number of hydrogen-bond acceptors (Lipinski definition) is 5. The van der Waals surface area contributed by atoms with E-state index in [9.17, 15) is 19.2 Å².